The molecule has 1 saturated heterocycles. The van der Waals surface area contributed by atoms with Gasteiger partial charge in [-0.25, -0.2) is 4.79 Å². The Morgan fingerprint density at radius 2 is 1.90 bits per heavy atom. The first-order valence-electron chi connectivity index (χ1n) is 9.54. The minimum atomic E-state index is -1.05. The van der Waals surface area contributed by atoms with Crippen molar-refractivity contribution in [3.63, 3.8) is 0 Å². The van der Waals surface area contributed by atoms with Gasteiger partial charge in [-0.2, -0.15) is 0 Å². The average molecular weight is 393 g/mol. The van der Waals surface area contributed by atoms with E-state index in [0.717, 1.165) is 28.0 Å². The Labute approximate surface area is 169 Å². The molecule has 0 saturated carbocycles. The number of urea groups is 1. The quantitative estimate of drug-likeness (QED) is 0.789. The number of methoxy groups -OCH3 is 1. The molecule has 2 aliphatic rings. The molecule has 0 unspecified atom stereocenters. The van der Waals surface area contributed by atoms with Gasteiger partial charge in [0, 0.05) is 19.2 Å². The van der Waals surface area contributed by atoms with E-state index in [2.05, 4.69) is 5.32 Å². The molecule has 7 heteroatoms. The zero-order chi connectivity index (χ0) is 20.6. The van der Waals surface area contributed by atoms with Crippen LogP contribution in [0.25, 0.3) is 0 Å². The summed E-state index contributed by atoms with van der Waals surface area (Å²) in [6.45, 7) is 0.0285. The lowest BCUT2D eigenvalue weighted by molar-refractivity contribution is -0.138. The lowest BCUT2D eigenvalue weighted by Crippen LogP contribution is -2.44. The topological polar surface area (TPSA) is 79.0 Å². The molecule has 1 N–H and O–H groups in total. The first-order valence-corrected chi connectivity index (χ1v) is 9.54. The highest BCUT2D eigenvalue weighted by Gasteiger charge is 2.55. The first kappa shape index (κ1) is 19.0. The Kier molecular flexibility index (Phi) is 4.74. The summed E-state index contributed by atoms with van der Waals surface area (Å²) in [5.41, 5.74) is 1.69. The van der Waals surface area contributed by atoms with Crippen molar-refractivity contribution < 1.29 is 19.1 Å². The maximum Gasteiger partial charge on any atom is 0.325 e. The number of rotatable bonds is 5. The fourth-order valence-electron chi connectivity index (χ4n) is 4.17. The van der Waals surface area contributed by atoms with Crippen molar-refractivity contribution in [2.24, 2.45) is 0 Å². The third-order valence-electron chi connectivity index (χ3n) is 5.74. The number of carbonyl (C=O) groups excluding carboxylic acids is 3. The number of imide groups is 1. The van der Waals surface area contributed by atoms with Crippen molar-refractivity contribution in [3.8, 4) is 5.75 Å². The molecule has 2 aromatic carbocycles. The molecule has 4 amide bonds. The molecule has 2 aromatic rings. The number of para-hydroxylation sites is 1. The van der Waals surface area contributed by atoms with Crippen LogP contribution in [0.2, 0.25) is 0 Å². The number of nitrogens with one attached hydrogen (secondary N) is 1. The molecular weight excluding hydrogens is 370 g/mol. The van der Waals surface area contributed by atoms with Crippen LogP contribution in [-0.2, 0) is 28.1 Å². The van der Waals surface area contributed by atoms with Crippen LogP contribution in [0, 0.1) is 0 Å². The standard InChI is InChI=1S/C22H23N3O4/c1-24(13-16-8-4-6-10-18(16)29-2)19(26)14-25-20(27)22(23-21(25)28)12-11-15-7-3-5-9-17(15)22/h3-10H,11-14H2,1-2H3,(H,23,28)/t22-/m0/s1. The number of hydrogen-bond acceptors (Lipinski definition) is 4. The van der Waals surface area contributed by atoms with E-state index >= 15 is 0 Å². The van der Waals surface area contributed by atoms with E-state index in [1.807, 2.05) is 48.5 Å². The maximum atomic E-state index is 13.2. The Bertz CT molecular complexity index is 990. The zero-order valence-corrected chi connectivity index (χ0v) is 16.5. The summed E-state index contributed by atoms with van der Waals surface area (Å²) in [6, 6.07) is 14.5. The van der Waals surface area contributed by atoms with Gasteiger partial charge in [-0.05, 0) is 30.0 Å². The number of ether oxygens (including phenoxy) is 1. The third kappa shape index (κ3) is 3.12. The van der Waals surface area contributed by atoms with Crippen molar-refractivity contribution >= 4 is 17.8 Å². The van der Waals surface area contributed by atoms with Gasteiger partial charge < -0.3 is 15.0 Å². The second kappa shape index (κ2) is 7.24. The molecule has 1 spiro atoms. The summed E-state index contributed by atoms with van der Waals surface area (Å²) < 4.78 is 5.32. The molecule has 1 atom stereocenters. The molecule has 1 fully saturated rings. The molecule has 1 heterocycles. The SMILES string of the molecule is COc1ccccc1CN(C)C(=O)CN1C(=O)N[C@]2(CCc3ccccc32)C1=O. The highest BCUT2D eigenvalue weighted by Crippen LogP contribution is 2.41. The van der Waals surface area contributed by atoms with Crippen LogP contribution >= 0.6 is 0 Å². The summed E-state index contributed by atoms with van der Waals surface area (Å²) in [5.74, 6) is 0.0119. The summed E-state index contributed by atoms with van der Waals surface area (Å²) in [7, 11) is 3.22. The molecule has 4 rings (SSSR count). The van der Waals surface area contributed by atoms with E-state index in [-0.39, 0.29) is 18.4 Å². The molecule has 0 bridgehead atoms. The largest absolute Gasteiger partial charge is 0.496 e. The highest BCUT2D eigenvalue weighted by atomic mass is 16.5. The summed E-state index contributed by atoms with van der Waals surface area (Å²) in [5, 5.41) is 2.84. The first-order chi connectivity index (χ1) is 14.0. The van der Waals surface area contributed by atoms with E-state index in [1.165, 1.54) is 4.90 Å². The van der Waals surface area contributed by atoms with Crippen LogP contribution in [0.4, 0.5) is 4.79 Å². The van der Waals surface area contributed by atoms with Gasteiger partial charge in [-0.15, -0.1) is 0 Å². The number of carbonyl (C=O) groups is 3. The Morgan fingerprint density at radius 1 is 1.17 bits per heavy atom. The summed E-state index contributed by atoms with van der Waals surface area (Å²) in [4.78, 5) is 41.0. The average Bonchev–Trinajstić information content (AvgIpc) is 3.21. The van der Waals surface area contributed by atoms with Gasteiger partial charge in [-0.3, -0.25) is 14.5 Å². The van der Waals surface area contributed by atoms with Crippen molar-refractivity contribution in [1.29, 1.82) is 0 Å². The number of aryl methyl sites for hydroxylation is 1. The number of likely N-dealkylation sites (N-methyl/N-ethyl adjacent to an activating group) is 1. The number of hydrogen-bond donors (Lipinski definition) is 1. The van der Waals surface area contributed by atoms with Gasteiger partial charge >= 0.3 is 6.03 Å². The second-order valence-corrected chi connectivity index (χ2v) is 7.45. The number of nitrogens with zero attached hydrogens (tertiary/aromatic N) is 2. The van der Waals surface area contributed by atoms with Gasteiger partial charge in [-0.1, -0.05) is 42.5 Å². The van der Waals surface area contributed by atoms with E-state index < -0.39 is 11.6 Å². The van der Waals surface area contributed by atoms with Gasteiger partial charge in [0.15, 0.2) is 0 Å². The minimum Gasteiger partial charge on any atom is -0.496 e. The second-order valence-electron chi connectivity index (χ2n) is 7.45. The predicted molar refractivity (Wildman–Crippen MR) is 106 cm³/mol. The fraction of sp³-hybridized carbons (Fsp3) is 0.318. The monoisotopic (exact) mass is 393 g/mol. The van der Waals surface area contributed by atoms with Gasteiger partial charge in [0.2, 0.25) is 5.91 Å². The Hall–Kier alpha value is -3.35. The van der Waals surface area contributed by atoms with E-state index in [9.17, 15) is 14.4 Å². The molecule has 7 nitrogen and oxygen atoms in total. The van der Waals surface area contributed by atoms with E-state index in [1.54, 1.807) is 14.2 Å². The summed E-state index contributed by atoms with van der Waals surface area (Å²) >= 11 is 0. The Morgan fingerprint density at radius 3 is 2.69 bits per heavy atom. The minimum absolute atomic E-state index is 0.291. The van der Waals surface area contributed by atoms with Crippen molar-refractivity contribution in [1.82, 2.24) is 15.1 Å². The van der Waals surface area contributed by atoms with Crippen LogP contribution in [0.1, 0.15) is 23.1 Å². The molecular formula is C22H23N3O4. The normalized spacial score (nSPS) is 20.0. The number of amides is 4. The maximum absolute atomic E-state index is 13.2. The molecule has 0 radical (unpaired) electrons. The number of benzene rings is 2. The fourth-order valence-corrected chi connectivity index (χ4v) is 4.17. The molecule has 29 heavy (non-hydrogen) atoms. The molecule has 150 valence electrons. The Balaban J connectivity index is 1.49. The van der Waals surface area contributed by atoms with E-state index in [0.29, 0.717) is 18.7 Å². The summed E-state index contributed by atoms with van der Waals surface area (Å²) in [6.07, 6.45) is 1.23. The lowest BCUT2D eigenvalue weighted by Gasteiger charge is -2.23. The molecule has 1 aliphatic heterocycles. The van der Waals surface area contributed by atoms with Crippen LogP contribution in [0.5, 0.6) is 5.75 Å². The lowest BCUT2D eigenvalue weighted by atomic mass is 9.92. The highest BCUT2D eigenvalue weighted by molar-refractivity contribution is 6.09. The number of fused-ring (bicyclic) bond motifs is 2. The van der Waals surface area contributed by atoms with Gasteiger partial charge in [0.05, 0.1) is 7.11 Å². The molecule has 1 aliphatic carbocycles. The van der Waals surface area contributed by atoms with Crippen molar-refractivity contribution in [2.75, 3.05) is 20.7 Å². The van der Waals surface area contributed by atoms with Crippen LogP contribution in [0.3, 0.4) is 0 Å². The van der Waals surface area contributed by atoms with Crippen LogP contribution in [-0.4, -0.2) is 48.3 Å². The van der Waals surface area contributed by atoms with Crippen molar-refractivity contribution in [3.05, 3.63) is 65.2 Å². The van der Waals surface area contributed by atoms with E-state index in [4.69, 9.17) is 4.74 Å². The van der Waals surface area contributed by atoms with Gasteiger partial charge in [0.1, 0.15) is 17.8 Å². The predicted octanol–water partition coefficient (Wildman–Crippen LogP) is 2.05. The van der Waals surface area contributed by atoms with Crippen LogP contribution < -0.4 is 10.1 Å². The van der Waals surface area contributed by atoms with Crippen molar-refractivity contribution in [2.45, 2.75) is 24.9 Å². The van der Waals surface area contributed by atoms with Gasteiger partial charge in [0.25, 0.3) is 5.91 Å². The van der Waals surface area contributed by atoms with Crippen LogP contribution in [0.15, 0.2) is 48.5 Å². The zero-order valence-electron chi connectivity index (χ0n) is 16.5. The smallest absolute Gasteiger partial charge is 0.325 e. The third-order valence-corrected chi connectivity index (χ3v) is 5.74. The molecule has 0 aromatic heterocycles.